The van der Waals surface area contributed by atoms with Gasteiger partial charge in [-0.2, -0.15) is 4.31 Å². The quantitative estimate of drug-likeness (QED) is 0.604. The number of rotatable bonds is 7. The van der Waals surface area contributed by atoms with Gasteiger partial charge in [-0.05, 0) is 30.3 Å². The molecule has 2 N–H and O–H groups in total. The number of morpholine rings is 2. The van der Waals surface area contributed by atoms with E-state index < -0.39 is 27.6 Å². The van der Waals surface area contributed by atoms with Crippen LogP contribution in [0.2, 0.25) is 0 Å². The van der Waals surface area contributed by atoms with Gasteiger partial charge >= 0.3 is 0 Å². The average molecular weight is 497 g/mol. The highest BCUT2D eigenvalue weighted by molar-refractivity contribution is 7.89. The minimum absolute atomic E-state index is 0.0962. The summed E-state index contributed by atoms with van der Waals surface area (Å²) >= 11 is 0. The summed E-state index contributed by atoms with van der Waals surface area (Å²) in [4.78, 5) is 14.6. The van der Waals surface area contributed by atoms with Gasteiger partial charge in [0, 0.05) is 32.2 Å². The molecule has 2 aliphatic heterocycles. The molecule has 0 spiro atoms. The number of ether oxygens (including phenoxy) is 2. The third-order valence-electron chi connectivity index (χ3n) is 5.57. The van der Waals surface area contributed by atoms with Crippen molar-refractivity contribution in [3.05, 3.63) is 48.0 Å². The van der Waals surface area contributed by atoms with Crippen molar-refractivity contribution in [1.29, 1.82) is 0 Å². The number of halogens is 2. The van der Waals surface area contributed by atoms with E-state index in [0.717, 1.165) is 17.8 Å². The lowest BCUT2D eigenvalue weighted by Crippen LogP contribution is -2.40. The molecule has 0 aromatic heterocycles. The van der Waals surface area contributed by atoms with Crippen LogP contribution in [0, 0.1) is 11.6 Å². The number of nitrogens with zero attached hydrogens (tertiary/aromatic N) is 2. The summed E-state index contributed by atoms with van der Waals surface area (Å²) < 4.78 is 65.3. The van der Waals surface area contributed by atoms with Gasteiger partial charge in [0.1, 0.15) is 11.6 Å². The summed E-state index contributed by atoms with van der Waals surface area (Å²) in [6.07, 6.45) is 0. The van der Waals surface area contributed by atoms with Gasteiger partial charge in [0.25, 0.3) is 0 Å². The minimum atomic E-state index is -3.74. The van der Waals surface area contributed by atoms with E-state index >= 15 is 0 Å². The molecule has 12 heteroatoms. The van der Waals surface area contributed by atoms with Crippen LogP contribution >= 0.6 is 0 Å². The van der Waals surface area contributed by atoms with E-state index in [0.29, 0.717) is 51.3 Å². The highest BCUT2D eigenvalue weighted by Gasteiger charge is 2.28. The lowest BCUT2D eigenvalue weighted by molar-refractivity contribution is -0.114. The Morgan fingerprint density at radius 1 is 0.912 bits per heavy atom. The Morgan fingerprint density at radius 2 is 1.59 bits per heavy atom. The summed E-state index contributed by atoms with van der Waals surface area (Å²) in [6, 6.07) is 7.62. The zero-order valence-electron chi connectivity index (χ0n) is 18.4. The van der Waals surface area contributed by atoms with Crippen LogP contribution in [0.15, 0.2) is 41.3 Å². The third kappa shape index (κ3) is 5.63. The number of hydrogen-bond acceptors (Lipinski definition) is 7. The molecule has 34 heavy (non-hydrogen) atoms. The predicted molar refractivity (Wildman–Crippen MR) is 123 cm³/mol. The van der Waals surface area contributed by atoms with Gasteiger partial charge in [0.15, 0.2) is 0 Å². The van der Waals surface area contributed by atoms with E-state index in [2.05, 4.69) is 10.6 Å². The van der Waals surface area contributed by atoms with Gasteiger partial charge in [-0.3, -0.25) is 4.79 Å². The van der Waals surface area contributed by atoms with Crippen molar-refractivity contribution < 1.29 is 31.5 Å². The summed E-state index contributed by atoms with van der Waals surface area (Å²) in [6.45, 7) is 3.20. The van der Waals surface area contributed by atoms with E-state index in [1.54, 1.807) is 12.1 Å². The van der Waals surface area contributed by atoms with E-state index in [1.165, 1.54) is 10.4 Å². The Labute approximate surface area is 196 Å². The Kier molecular flexibility index (Phi) is 7.61. The Balaban J connectivity index is 1.55. The number of carbonyl (C=O) groups is 1. The maximum atomic E-state index is 13.9. The second kappa shape index (κ2) is 10.6. The molecule has 0 radical (unpaired) electrons. The lowest BCUT2D eigenvalue weighted by atomic mass is 10.2. The summed E-state index contributed by atoms with van der Waals surface area (Å²) in [7, 11) is -3.74. The first-order chi connectivity index (χ1) is 16.3. The molecule has 0 unspecified atom stereocenters. The molecule has 2 heterocycles. The molecular weight excluding hydrogens is 470 g/mol. The third-order valence-corrected chi connectivity index (χ3v) is 7.47. The first-order valence-corrected chi connectivity index (χ1v) is 12.3. The summed E-state index contributed by atoms with van der Waals surface area (Å²) in [5.41, 5.74) is 1.03. The van der Waals surface area contributed by atoms with Crippen LogP contribution < -0.4 is 15.5 Å². The van der Waals surface area contributed by atoms with Crippen molar-refractivity contribution in [2.45, 2.75) is 4.90 Å². The number of hydrogen-bond donors (Lipinski definition) is 2. The largest absolute Gasteiger partial charge is 0.379 e. The molecule has 2 aliphatic rings. The lowest BCUT2D eigenvalue weighted by Gasteiger charge is -2.31. The number of sulfonamides is 1. The molecule has 0 bridgehead atoms. The smallest absolute Gasteiger partial charge is 0.243 e. The van der Waals surface area contributed by atoms with Crippen molar-refractivity contribution in [3.63, 3.8) is 0 Å². The second-order valence-corrected chi connectivity index (χ2v) is 9.76. The standard InChI is InChI=1S/C22H26F2N4O5S/c23-16-1-3-19(18(24)13-16)26-22(29)15-25-20-14-17(34(30,31)28-7-11-33-12-8-28)2-4-21(20)27-5-9-32-10-6-27/h1-4,13-14,25H,5-12,15H2,(H,26,29). The number of anilines is 3. The topological polar surface area (TPSA) is 100 Å². The van der Waals surface area contributed by atoms with Crippen molar-refractivity contribution in [2.75, 3.05) is 74.7 Å². The van der Waals surface area contributed by atoms with E-state index in [4.69, 9.17) is 9.47 Å². The molecular formula is C22H26F2N4O5S. The van der Waals surface area contributed by atoms with Crippen LogP contribution in [0.5, 0.6) is 0 Å². The Hall–Kier alpha value is -2.80. The van der Waals surface area contributed by atoms with E-state index in [-0.39, 0.29) is 30.2 Å². The van der Waals surface area contributed by atoms with Crippen molar-refractivity contribution in [1.82, 2.24) is 4.31 Å². The van der Waals surface area contributed by atoms with E-state index in [9.17, 15) is 22.0 Å². The fraction of sp³-hybridized carbons (Fsp3) is 0.409. The number of carbonyl (C=O) groups excluding carboxylic acids is 1. The zero-order valence-corrected chi connectivity index (χ0v) is 19.2. The fourth-order valence-corrected chi connectivity index (χ4v) is 5.23. The van der Waals surface area contributed by atoms with Crippen LogP contribution in [-0.4, -0.2) is 77.8 Å². The number of amides is 1. The fourth-order valence-electron chi connectivity index (χ4n) is 3.79. The highest BCUT2D eigenvalue weighted by Crippen LogP contribution is 2.31. The molecule has 2 aromatic rings. The maximum absolute atomic E-state index is 13.9. The summed E-state index contributed by atoms with van der Waals surface area (Å²) in [5, 5.41) is 5.36. The summed E-state index contributed by atoms with van der Waals surface area (Å²) in [5.74, 6) is -2.21. The first-order valence-electron chi connectivity index (χ1n) is 10.9. The molecule has 2 saturated heterocycles. The van der Waals surface area contributed by atoms with Crippen LogP contribution in [0.25, 0.3) is 0 Å². The van der Waals surface area contributed by atoms with Crippen LogP contribution in [0.4, 0.5) is 25.8 Å². The predicted octanol–water partition coefficient (Wildman–Crippen LogP) is 1.87. The Bertz CT molecular complexity index is 1140. The van der Waals surface area contributed by atoms with Crippen LogP contribution in [0.3, 0.4) is 0 Å². The number of benzene rings is 2. The molecule has 9 nitrogen and oxygen atoms in total. The van der Waals surface area contributed by atoms with Crippen molar-refractivity contribution in [3.8, 4) is 0 Å². The highest BCUT2D eigenvalue weighted by atomic mass is 32.2. The van der Waals surface area contributed by atoms with Gasteiger partial charge in [-0.25, -0.2) is 17.2 Å². The van der Waals surface area contributed by atoms with Gasteiger partial charge in [-0.1, -0.05) is 0 Å². The molecule has 2 fully saturated rings. The Morgan fingerprint density at radius 3 is 2.26 bits per heavy atom. The first kappa shape index (κ1) is 24.3. The molecule has 2 aromatic carbocycles. The van der Waals surface area contributed by atoms with Gasteiger partial charge in [0.2, 0.25) is 15.9 Å². The maximum Gasteiger partial charge on any atom is 0.243 e. The second-order valence-electron chi connectivity index (χ2n) is 7.82. The van der Waals surface area contributed by atoms with Gasteiger partial charge in [0.05, 0.1) is 54.9 Å². The molecule has 0 atom stereocenters. The molecule has 0 saturated carbocycles. The average Bonchev–Trinajstić information content (AvgIpc) is 2.85. The van der Waals surface area contributed by atoms with E-state index in [1.807, 2.05) is 4.90 Å². The molecule has 1 amide bonds. The molecule has 0 aliphatic carbocycles. The SMILES string of the molecule is O=C(CNc1cc(S(=O)(=O)N2CCOCC2)ccc1N1CCOCC1)Nc1ccc(F)cc1F. The monoisotopic (exact) mass is 496 g/mol. The molecule has 4 rings (SSSR count). The van der Waals surface area contributed by atoms with Gasteiger partial charge < -0.3 is 25.0 Å². The van der Waals surface area contributed by atoms with Crippen LogP contribution in [0.1, 0.15) is 0 Å². The molecule has 184 valence electrons. The minimum Gasteiger partial charge on any atom is -0.379 e. The zero-order chi connectivity index (χ0) is 24.1. The van der Waals surface area contributed by atoms with Gasteiger partial charge in [-0.15, -0.1) is 0 Å². The normalized spacial score (nSPS) is 17.4. The van der Waals surface area contributed by atoms with Crippen LogP contribution in [-0.2, 0) is 24.3 Å². The van der Waals surface area contributed by atoms with Crippen molar-refractivity contribution in [2.24, 2.45) is 0 Å². The van der Waals surface area contributed by atoms with Crippen molar-refractivity contribution >= 4 is 33.0 Å². The number of nitrogens with one attached hydrogen (secondary N) is 2.